The quantitative estimate of drug-likeness (QED) is 0.284. The fraction of sp³-hybridized carbons (Fsp3) is 0.342. The van der Waals surface area contributed by atoms with Crippen LogP contribution in [0.3, 0.4) is 0 Å². The number of carbonyl (C=O) groups excluding carboxylic acids is 2. The van der Waals surface area contributed by atoms with Crippen LogP contribution in [-0.4, -0.2) is 27.5 Å². The van der Waals surface area contributed by atoms with Gasteiger partial charge in [-0.25, -0.2) is 4.79 Å². The van der Waals surface area contributed by atoms with Gasteiger partial charge in [-0.2, -0.15) is 0 Å². The van der Waals surface area contributed by atoms with E-state index in [1.807, 2.05) is 24.3 Å². The van der Waals surface area contributed by atoms with Gasteiger partial charge >= 0.3 is 5.97 Å². The summed E-state index contributed by atoms with van der Waals surface area (Å²) in [6, 6.07) is 22.1. The second kappa shape index (κ2) is 11.6. The van der Waals surface area contributed by atoms with Crippen LogP contribution in [0.5, 0.6) is 5.75 Å². The molecule has 1 aliphatic heterocycles. The summed E-state index contributed by atoms with van der Waals surface area (Å²) < 4.78 is 6.38. The van der Waals surface area contributed by atoms with E-state index in [1.165, 1.54) is 0 Å². The molecule has 1 N–H and O–H groups in total. The molecule has 3 aromatic rings. The normalized spacial score (nSPS) is 19.4. The summed E-state index contributed by atoms with van der Waals surface area (Å²) in [6.07, 6.45) is 2.18. The van der Waals surface area contributed by atoms with Gasteiger partial charge in [0.15, 0.2) is 11.6 Å². The van der Waals surface area contributed by atoms with Crippen LogP contribution in [0.1, 0.15) is 86.3 Å². The molecule has 0 saturated carbocycles. The molecule has 232 valence electrons. The Morgan fingerprint density at radius 3 is 1.96 bits per heavy atom. The number of carbonyl (C=O) groups is 3. The number of aromatic carboxylic acids is 1. The lowest BCUT2D eigenvalue weighted by molar-refractivity contribution is -0.119. The van der Waals surface area contributed by atoms with E-state index < -0.39 is 11.9 Å². The van der Waals surface area contributed by atoms with Gasteiger partial charge in [-0.05, 0) is 65.1 Å². The number of halogens is 1. The minimum absolute atomic E-state index is 0.0451. The fourth-order valence-electron chi connectivity index (χ4n) is 7.10. The predicted octanol–water partition coefficient (Wildman–Crippen LogP) is 8.50. The predicted molar refractivity (Wildman–Crippen MR) is 174 cm³/mol. The monoisotopic (exact) mass is 623 g/mol. The Morgan fingerprint density at radius 1 is 0.822 bits per heavy atom. The Morgan fingerprint density at radius 2 is 1.40 bits per heavy atom. The van der Waals surface area contributed by atoms with Crippen LogP contribution in [0.4, 0.5) is 0 Å². The molecule has 2 aliphatic carbocycles. The summed E-state index contributed by atoms with van der Waals surface area (Å²) >= 11 is 6.63. The average Bonchev–Trinajstić information content (AvgIpc) is 2.96. The molecule has 0 fully saturated rings. The van der Waals surface area contributed by atoms with E-state index >= 15 is 0 Å². The van der Waals surface area contributed by atoms with Crippen LogP contribution in [0.2, 0.25) is 5.02 Å². The number of hydrogen-bond donors (Lipinski definition) is 1. The van der Waals surface area contributed by atoms with Crippen molar-refractivity contribution in [3.05, 3.63) is 123 Å². The Balaban J connectivity index is 1.51. The van der Waals surface area contributed by atoms with Crippen molar-refractivity contribution >= 4 is 29.1 Å². The smallest absolute Gasteiger partial charge is 0.335 e. The Labute approximate surface area is 269 Å². The van der Waals surface area contributed by atoms with E-state index in [2.05, 4.69) is 44.7 Å². The minimum Gasteiger partial charge on any atom is -0.489 e. The summed E-state index contributed by atoms with van der Waals surface area (Å²) in [5.74, 6) is -0.961. The van der Waals surface area contributed by atoms with Gasteiger partial charge in [0.25, 0.3) is 0 Å². The molecule has 0 radical (unpaired) electrons. The van der Waals surface area contributed by atoms with Crippen molar-refractivity contribution < 1.29 is 24.2 Å². The molecule has 0 saturated heterocycles. The standard InChI is InChI=1S/C38H38ClNO5/c1-37(2)17-28-34(30(41)19-37)33(27-16-26(39)14-15-32(27)45-22-24-10-12-25(13-11-24)36(43)44)35-29(18-38(3,4)20-31(35)42)40(28)21-23-8-6-5-7-9-23/h5-16,33H,17-22H2,1-4H3,(H,43,44). The Hall–Kier alpha value is -4.16. The van der Waals surface area contributed by atoms with Gasteiger partial charge < -0.3 is 14.7 Å². The first kappa shape index (κ1) is 30.8. The minimum atomic E-state index is -0.991. The number of carboxylic acids is 1. The van der Waals surface area contributed by atoms with Crippen LogP contribution >= 0.6 is 11.6 Å². The van der Waals surface area contributed by atoms with Crippen LogP contribution in [0.25, 0.3) is 0 Å². The zero-order valence-electron chi connectivity index (χ0n) is 26.2. The van der Waals surface area contributed by atoms with Gasteiger partial charge in [0.05, 0.1) is 5.56 Å². The number of hydrogen-bond acceptors (Lipinski definition) is 5. The number of rotatable bonds is 7. The van der Waals surface area contributed by atoms with E-state index in [0.29, 0.717) is 59.7 Å². The van der Waals surface area contributed by atoms with Crippen LogP contribution in [0, 0.1) is 10.8 Å². The number of allylic oxidation sites excluding steroid dienone is 4. The molecule has 0 amide bonds. The SMILES string of the molecule is CC1(C)CC(=O)C2=C(C1)N(Cc1ccccc1)C1=C(C(=O)CC(C)(C)C1)C2c1cc(Cl)ccc1OCc1ccc(C(=O)O)cc1. The third-order valence-corrected chi connectivity index (χ3v) is 9.32. The van der Waals surface area contributed by atoms with E-state index in [-0.39, 0.29) is 34.6 Å². The average molecular weight is 624 g/mol. The molecule has 3 aromatic carbocycles. The number of nitrogens with zero attached hydrogens (tertiary/aromatic N) is 1. The molecule has 45 heavy (non-hydrogen) atoms. The first-order chi connectivity index (χ1) is 21.3. The topological polar surface area (TPSA) is 83.9 Å². The molecular weight excluding hydrogens is 586 g/mol. The third kappa shape index (κ3) is 6.21. The maximum Gasteiger partial charge on any atom is 0.335 e. The van der Waals surface area contributed by atoms with Crippen molar-refractivity contribution in [2.45, 2.75) is 72.4 Å². The van der Waals surface area contributed by atoms with Crippen molar-refractivity contribution in [2.75, 3.05) is 0 Å². The van der Waals surface area contributed by atoms with E-state index in [4.69, 9.17) is 16.3 Å². The third-order valence-electron chi connectivity index (χ3n) is 9.08. The first-order valence-electron chi connectivity index (χ1n) is 15.4. The van der Waals surface area contributed by atoms with Gasteiger partial charge in [0.1, 0.15) is 12.4 Å². The highest BCUT2D eigenvalue weighted by Gasteiger charge is 2.49. The highest BCUT2D eigenvalue weighted by molar-refractivity contribution is 6.30. The molecule has 0 atom stereocenters. The van der Waals surface area contributed by atoms with Crippen LogP contribution in [0.15, 0.2) is 95.3 Å². The van der Waals surface area contributed by atoms with Crippen molar-refractivity contribution in [1.29, 1.82) is 0 Å². The van der Waals surface area contributed by atoms with Crippen molar-refractivity contribution in [1.82, 2.24) is 4.90 Å². The maximum atomic E-state index is 14.3. The Bertz CT molecular complexity index is 1700. The summed E-state index contributed by atoms with van der Waals surface area (Å²) in [7, 11) is 0. The van der Waals surface area contributed by atoms with Crippen LogP contribution in [-0.2, 0) is 22.7 Å². The number of ether oxygens (including phenoxy) is 1. The summed E-state index contributed by atoms with van der Waals surface area (Å²) in [6.45, 7) is 9.29. The van der Waals surface area contributed by atoms with Crippen LogP contribution < -0.4 is 4.74 Å². The van der Waals surface area contributed by atoms with Crippen molar-refractivity contribution in [2.24, 2.45) is 10.8 Å². The molecule has 0 unspecified atom stereocenters. The molecule has 6 nitrogen and oxygen atoms in total. The lowest BCUT2D eigenvalue weighted by Gasteiger charge is -2.49. The van der Waals surface area contributed by atoms with Gasteiger partial charge in [0.2, 0.25) is 0 Å². The lowest BCUT2D eigenvalue weighted by Crippen LogP contribution is -2.44. The molecule has 6 rings (SSSR count). The van der Waals surface area contributed by atoms with Gasteiger partial charge in [-0.1, -0.05) is 81.8 Å². The fourth-order valence-corrected chi connectivity index (χ4v) is 7.28. The maximum absolute atomic E-state index is 14.3. The number of ketones is 2. The second-order valence-corrected chi connectivity index (χ2v) is 14.5. The first-order valence-corrected chi connectivity index (χ1v) is 15.8. The van der Waals surface area contributed by atoms with Crippen molar-refractivity contribution in [3.8, 4) is 5.75 Å². The van der Waals surface area contributed by atoms with Gasteiger partial charge in [-0.3, -0.25) is 9.59 Å². The highest BCUT2D eigenvalue weighted by Crippen LogP contribution is 2.56. The molecule has 1 heterocycles. The molecule has 0 spiro atoms. The number of carboxylic acid groups (broad SMARTS) is 1. The summed E-state index contributed by atoms with van der Waals surface area (Å²) in [4.78, 5) is 42.1. The van der Waals surface area contributed by atoms with Gasteiger partial charge in [-0.15, -0.1) is 0 Å². The molecule has 0 aromatic heterocycles. The highest BCUT2D eigenvalue weighted by atomic mass is 35.5. The van der Waals surface area contributed by atoms with Gasteiger partial charge in [0, 0.05) is 58.4 Å². The number of Topliss-reactive ketones (excluding diaryl/α,β-unsaturated/α-hetero) is 2. The second-order valence-electron chi connectivity index (χ2n) is 14.1. The molecular formula is C38H38ClNO5. The van der Waals surface area contributed by atoms with E-state index in [0.717, 1.165) is 22.5 Å². The summed E-state index contributed by atoms with van der Waals surface area (Å²) in [5.41, 5.74) is 5.61. The molecule has 0 bridgehead atoms. The molecule has 7 heteroatoms. The molecule has 3 aliphatic rings. The van der Waals surface area contributed by atoms with E-state index in [1.54, 1.807) is 36.4 Å². The number of benzene rings is 3. The zero-order valence-corrected chi connectivity index (χ0v) is 26.9. The summed E-state index contributed by atoms with van der Waals surface area (Å²) in [5, 5.41) is 9.77. The Kier molecular flexibility index (Phi) is 7.98. The van der Waals surface area contributed by atoms with Crippen molar-refractivity contribution in [3.63, 3.8) is 0 Å². The zero-order chi connectivity index (χ0) is 32.1. The van der Waals surface area contributed by atoms with E-state index in [9.17, 15) is 19.5 Å². The largest absolute Gasteiger partial charge is 0.489 e. The lowest BCUT2D eigenvalue weighted by atomic mass is 9.63.